The Labute approximate surface area is 244 Å². The average Bonchev–Trinajstić information content (AvgIpc) is 3.25. The maximum absolute atomic E-state index is 13.2. The lowest BCUT2D eigenvalue weighted by atomic mass is 10.0. The molecule has 1 saturated heterocycles. The van der Waals surface area contributed by atoms with Crippen molar-refractivity contribution in [3.63, 3.8) is 0 Å². The third-order valence-electron chi connectivity index (χ3n) is 7.03. The van der Waals surface area contributed by atoms with Crippen LogP contribution >= 0.6 is 0 Å². The Hall–Kier alpha value is -3.43. The van der Waals surface area contributed by atoms with Crippen molar-refractivity contribution in [1.82, 2.24) is 20.9 Å². The molecule has 9 heteroatoms. The number of hydrogen-bond acceptors (Lipinski definition) is 6. The Morgan fingerprint density at radius 3 is 2.10 bits per heavy atom. The molecule has 1 fully saturated rings. The number of carbonyl (C=O) groups excluding carboxylic acids is 3. The Morgan fingerprint density at radius 1 is 0.878 bits per heavy atom. The summed E-state index contributed by atoms with van der Waals surface area (Å²) in [5, 5.41) is 19.6. The highest BCUT2D eigenvalue weighted by Gasteiger charge is 2.35. The molecule has 0 bridgehead atoms. The van der Waals surface area contributed by atoms with Crippen LogP contribution in [0.25, 0.3) is 0 Å². The molecule has 0 radical (unpaired) electrons. The number of β-amino-alcohol motifs (C(OH)–C–C–N with tert-alkyl or cyclic N) is 1. The smallest absolute Gasteiger partial charge is 0.407 e. The molecule has 0 spiro atoms. The van der Waals surface area contributed by atoms with Gasteiger partial charge in [-0.05, 0) is 35.8 Å². The lowest BCUT2D eigenvalue weighted by Crippen LogP contribution is -2.53. The van der Waals surface area contributed by atoms with E-state index < -0.39 is 24.3 Å². The Morgan fingerprint density at radius 2 is 1.49 bits per heavy atom. The van der Waals surface area contributed by atoms with Crippen molar-refractivity contribution >= 4 is 17.9 Å². The molecular weight excluding hydrogens is 520 g/mol. The second kappa shape index (κ2) is 16.1. The number of hydrogen-bond donors (Lipinski definition) is 4. The van der Waals surface area contributed by atoms with Gasteiger partial charge >= 0.3 is 6.09 Å². The van der Waals surface area contributed by atoms with Crippen LogP contribution in [0.15, 0.2) is 60.7 Å². The van der Waals surface area contributed by atoms with Crippen LogP contribution in [0.4, 0.5) is 4.79 Å². The van der Waals surface area contributed by atoms with Gasteiger partial charge in [-0.1, -0.05) is 88.4 Å². The first-order valence-corrected chi connectivity index (χ1v) is 14.6. The SMILES string of the molecule is CC(C)C[C@@H](CN1CC(O)C(NC(=O)[C@H](CC(C)C)NC(=O)Cc2ccccc2)C1)NC(=O)OCc1ccccc1. The number of carbonyl (C=O) groups is 3. The van der Waals surface area contributed by atoms with E-state index in [1.807, 2.05) is 79.4 Å². The van der Waals surface area contributed by atoms with Crippen LogP contribution in [0.2, 0.25) is 0 Å². The number of likely N-dealkylation sites (tertiary alicyclic amines) is 1. The second-order valence-corrected chi connectivity index (χ2v) is 11.8. The lowest BCUT2D eigenvalue weighted by Gasteiger charge is -2.26. The first-order valence-electron chi connectivity index (χ1n) is 14.6. The molecule has 1 aliphatic heterocycles. The van der Waals surface area contributed by atoms with Gasteiger partial charge in [-0.2, -0.15) is 0 Å². The van der Waals surface area contributed by atoms with E-state index in [-0.39, 0.29) is 36.8 Å². The summed E-state index contributed by atoms with van der Waals surface area (Å²) in [7, 11) is 0. The molecule has 1 heterocycles. The van der Waals surface area contributed by atoms with Crippen molar-refractivity contribution in [2.45, 2.75) is 77.8 Å². The molecule has 9 nitrogen and oxygen atoms in total. The number of ether oxygens (including phenoxy) is 1. The zero-order valence-electron chi connectivity index (χ0n) is 24.7. The largest absolute Gasteiger partial charge is 0.445 e. The number of benzene rings is 2. The van der Waals surface area contributed by atoms with Gasteiger partial charge in [0.25, 0.3) is 0 Å². The number of amides is 3. The van der Waals surface area contributed by atoms with Gasteiger partial charge < -0.3 is 25.8 Å². The van der Waals surface area contributed by atoms with E-state index in [2.05, 4.69) is 29.8 Å². The fourth-order valence-electron chi connectivity index (χ4n) is 5.16. The van der Waals surface area contributed by atoms with Crippen LogP contribution in [-0.4, -0.2) is 71.8 Å². The number of nitrogens with zero attached hydrogens (tertiary/aromatic N) is 1. The highest BCUT2D eigenvalue weighted by Crippen LogP contribution is 2.15. The fourth-order valence-corrected chi connectivity index (χ4v) is 5.16. The maximum Gasteiger partial charge on any atom is 0.407 e. The van der Waals surface area contributed by atoms with E-state index in [9.17, 15) is 19.5 Å². The van der Waals surface area contributed by atoms with E-state index in [4.69, 9.17) is 4.74 Å². The third-order valence-corrected chi connectivity index (χ3v) is 7.03. The van der Waals surface area contributed by atoms with Gasteiger partial charge in [-0.3, -0.25) is 14.5 Å². The minimum Gasteiger partial charge on any atom is -0.445 e. The number of rotatable bonds is 14. The van der Waals surface area contributed by atoms with Crippen molar-refractivity contribution < 1.29 is 24.2 Å². The molecular formula is C32H46N4O5. The van der Waals surface area contributed by atoms with Gasteiger partial charge in [-0.25, -0.2) is 4.79 Å². The standard InChI is InChI=1S/C32H46N4O5/c1-22(2)15-26(33-32(40)41-21-25-13-9-6-10-14-25)18-36-19-28(29(37)20-36)35-31(39)27(16-23(3)4)34-30(38)17-24-11-7-5-8-12-24/h5-14,22-23,26-29,37H,15-21H2,1-4H3,(H,33,40)(H,34,38)(H,35,39)/t26-,27-,28?,29?/m0/s1. The minimum absolute atomic E-state index is 0.175. The summed E-state index contributed by atoms with van der Waals surface area (Å²) >= 11 is 0. The molecule has 2 unspecified atom stereocenters. The molecule has 3 amide bonds. The number of alkyl carbamates (subject to hydrolysis) is 1. The molecule has 1 aliphatic rings. The summed E-state index contributed by atoms with van der Waals surface area (Å²) in [6, 6.07) is 17.6. The predicted molar refractivity (Wildman–Crippen MR) is 159 cm³/mol. The number of aliphatic hydroxyl groups is 1. The lowest BCUT2D eigenvalue weighted by molar-refractivity contribution is -0.129. The van der Waals surface area contributed by atoms with Crippen LogP contribution in [-0.2, 0) is 27.4 Å². The summed E-state index contributed by atoms with van der Waals surface area (Å²) < 4.78 is 5.42. The Balaban J connectivity index is 1.53. The monoisotopic (exact) mass is 566 g/mol. The van der Waals surface area contributed by atoms with Crippen molar-refractivity contribution in [1.29, 1.82) is 0 Å². The van der Waals surface area contributed by atoms with Crippen LogP contribution in [0, 0.1) is 11.8 Å². The van der Waals surface area contributed by atoms with Crippen LogP contribution in [0.3, 0.4) is 0 Å². The number of aliphatic hydroxyl groups excluding tert-OH is 1. The average molecular weight is 567 g/mol. The Kier molecular flexibility index (Phi) is 12.6. The first-order chi connectivity index (χ1) is 19.6. The van der Waals surface area contributed by atoms with E-state index in [0.717, 1.165) is 17.5 Å². The fraction of sp³-hybridized carbons (Fsp3) is 0.531. The van der Waals surface area contributed by atoms with E-state index in [0.29, 0.717) is 32.0 Å². The van der Waals surface area contributed by atoms with Crippen molar-refractivity contribution in [3.05, 3.63) is 71.8 Å². The zero-order chi connectivity index (χ0) is 29.8. The van der Waals surface area contributed by atoms with Crippen molar-refractivity contribution in [2.24, 2.45) is 11.8 Å². The first kappa shape index (κ1) is 32.1. The summed E-state index contributed by atoms with van der Waals surface area (Å²) in [5.74, 6) is 0.0192. The molecule has 41 heavy (non-hydrogen) atoms. The van der Waals surface area contributed by atoms with E-state index >= 15 is 0 Å². The molecule has 0 aromatic heterocycles. The molecule has 0 aliphatic carbocycles. The molecule has 2 aromatic carbocycles. The molecule has 0 saturated carbocycles. The van der Waals surface area contributed by atoms with Gasteiger partial charge in [-0.15, -0.1) is 0 Å². The number of nitrogens with one attached hydrogen (secondary N) is 3. The van der Waals surface area contributed by atoms with E-state index in [1.54, 1.807) is 0 Å². The quantitative estimate of drug-likeness (QED) is 0.279. The minimum atomic E-state index is -0.761. The van der Waals surface area contributed by atoms with Crippen molar-refractivity contribution in [2.75, 3.05) is 19.6 Å². The molecule has 3 rings (SSSR count). The Bertz CT molecular complexity index is 1100. The van der Waals surface area contributed by atoms with Crippen molar-refractivity contribution in [3.8, 4) is 0 Å². The zero-order valence-corrected chi connectivity index (χ0v) is 24.7. The molecule has 2 aromatic rings. The van der Waals surface area contributed by atoms with Gasteiger partial charge in [0.2, 0.25) is 11.8 Å². The van der Waals surface area contributed by atoms with Crippen LogP contribution in [0.5, 0.6) is 0 Å². The highest BCUT2D eigenvalue weighted by molar-refractivity contribution is 5.88. The predicted octanol–water partition coefficient (Wildman–Crippen LogP) is 3.26. The molecule has 4 N–H and O–H groups in total. The molecule has 224 valence electrons. The van der Waals surface area contributed by atoms with Gasteiger partial charge in [0.1, 0.15) is 12.6 Å². The second-order valence-electron chi connectivity index (χ2n) is 11.8. The normalized spacial score (nSPS) is 18.6. The van der Waals surface area contributed by atoms with E-state index in [1.165, 1.54) is 0 Å². The highest BCUT2D eigenvalue weighted by atomic mass is 16.5. The summed E-state index contributed by atoms with van der Waals surface area (Å²) in [6.07, 6.45) is 0.189. The summed E-state index contributed by atoms with van der Waals surface area (Å²) in [4.78, 5) is 40.5. The topological polar surface area (TPSA) is 120 Å². The third kappa shape index (κ3) is 11.5. The summed E-state index contributed by atoms with van der Waals surface area (Å²) in [6.45, 7) is 9.71. The maximum atomic E-state index is 13.2. The molecule has 4 atom stereocenters. The van der Waals surface area contributed by atoms with Crippen LogP contribution in [0.1, 0.15) is 51.7 Å². The van der Waals surface area contributed by atoms with Gasteiger partial charge in [0, 0.05) is 25.7 Å². The summed E-state index contributed by atoms with van der Waals surface area (Å²) in [5.41, 5.74) is 1.79. The van der Waals surface area contributed by atoms with Crippen LogP contribution < -0.4 is 16.0 Å². The van der Waals surface area contributed by atoms with Gasteiger partial charge in [0.15, 0.2) is 0 Å². The van der Waals surface area contributed by atoms with Gasteiger partial charge in [0.05, 0.1) is 18.6 Å².